The Balaban J connectivity index is 1.37. The Bertz CT molecular complexity index is 1740. The number of fused-ring (bicyclic) bond motifs is 1. The Morgan fingerprint density at radius 3 is 2.53 bits per heavy atom. The highest BCUT2D eigenvalue weighted by molar-refractivity contribution is 6.06. The van der Waals surface area contributed by atoms with Crippen molar-refractivity contribution < 1.29 is 19.4 Å². The summed E-state index contributed by atoms with van der Waals surface area (Å²) in [5.74, 6) is 1.81. The van der Waals surface area contributed by atoms with Crippen LogP contribution in [0, 0.1) is 0 Å². The van der Waals surface area contributed by atoms with Crippen LogP contribution in [0.25, 0.3) is 16.6 Å². The molecule has 43 heavy (non-hydrogen) atoms. The van der Waals surface area contributed by atoms with Crippen molar-refractivity contribution in [2.24, 2.45) is 0 Å². The summed E-state index contributed by atoms with van der Waals surface area (Å²) >= 11 is 0. The molecule has 3 heterocycles. The number of aryl methyl sites for hydroxylation is 1. The number of nitrogens with one attached hydrogen (secondary N) is 4. The Morgan fingerprint density at radius 1 is 0.930 bits per heavy atom. The van der Waals surface area contributed by atoms with Gasteiger partial charge in [-0.05, 0) is 60.9 Å². The number of amides is 4. The number of aromatic nitrogens is 4. The number of urea groups is 2. The molecule has 0 aliphatic rings. The second-order valence-corrected chi connectivity index (χ2v) is 9.63. The topological polar surface area (TPSA) is 155 Å². The number of carbonyl (C=O) groups excluding carboxylic acids is 2. The summed E-state index contributed by atoms with van der Waals surface area (Å²) in [5, 5.41) is 25.7. The van der Waals surface area contributed by atoms with Crippen molar-refractivity contribution in [3.8, 4) is 17.2 Å². The van der Waals surface area contributed by atoms with Crippen LogP contribution in [0.1, 0.15) is 31.0 Å². The largest absolute Gasteiger partial charge is 0.456 e. The van der Waals surface area contributed by atoms with Gasteiger partial charge in [-0.1, -0.05) is 25.5 Å². The molecule has 0 aliphatic heterocycles. The van der Waals surface area contributed by atoms with E-state index in [0.717, 1.165) is 36.2 Å². The van der Waals surface area contributed by atoms with E-state index in [2.05, 4.69) is 38.2 Å². The standard InChI is InChI=1S/C31H32N8O4/c1-3-4-6-21-17-28(39(38-21)22-10-8-20(19-40)9-11-22)37-31(42)35-25-12-13-26(24-7-5-15-34-29(24)25)43-23-14-16-33-27(18-23)36-30(41)32-2/h5,7-18,40H,3-4,6,19H2,1-2H3,(H2,35,37,42)(H2,32,33,36,41). The average Bonchev–Trinajstić information content (AvgIpc) is 3.43. The fourth-order valence-corrected chi connectivity index (χ4v) is 4.39. The predicted octanol–water partition coefficient (Wildman–Crippen LogP) is 5.84. The second kappa shape index (κ2) is 13.4. The molecule has 0 bridgehead atoms. The van der Waals surface area contributed by atoms with Gasteiger partial charge >= 0.3 is 12.1 Å². The van der Waals surface area contributed by atoms with Crippen LogP contribution in [0.15, 0.2) is 79.1 Å². The summed E-state index contributed by atoms with van der Waals surface area (Å²) in [4.78, 5) is 33.5. The van der Waals surface area contributed by atoms with Crippen LogP contribution >= 0.6 is 0 Å². The zero-order valence-corrected chi connectivity index (χ0v) is 23.8. The van der Waals surface area contributed by atoms with E-state index in [0.29, 0.717) is 39.7 Å². The normalized spacial score (nSPS) is 10.8. The quantitative estimate of drug-likeness (QED) is 0.139. The van der Waals surface area contributed by atoms with Crippen LogP contribution < -0.4 is 26.0 Å². The highest BCUT2D eigenvalue weighted by Crippen LogP contribution is 2.34. The molecule has 5 N–H and O–H groups in total. The number of unbranched alkanes of at least 4 members (excludes halogenated alkanes) is 1. The molecule has 2 aromatic carbocycles. The Kier molecular flexibility index (Phi) is 9.08. The van der Waals surface area contributed by atoms with Gasteiger partial charge in [0.05, 0.1) is 29.2 Å². The lowest BCUT2D eigenvalue weighted by molar-refractivity contribution is 0.254. The van der Waals surface area contributed by atoms with E-state index in [1.165, 1.54) is 13.2 Å². The first kappa shape index (κ1) is 29.0. The van der Waals surface area contributed by atoms with E-state index in [1.807, 2.05) is 36.4 Å². The van der Waals surface area contributed by atoms with Crippen molar-refractivity contribution in [1.82, 2.24) is 25.1 Å². The third-order valence-electron chi connectivity index (χ3n) is 6.56. The lowest BCUT2D eigenvalue weighted by Crippen LogP contribution is -2.24. The Labute approximate surface area is 248 Å². The minimum Gasteiger partial charge on any atom is -0.456 e. The first-order chi connectivity index (χ1) is 21.0. The van der Waals surface area contributed by atoms with Gasteiger partial charge in [-0.15, -0.1) is 0 Å². The fraction of sp³-hybridized carbons (Fsp3) is 0.194. The number of aliphatic hydroxyl groups is 1. The number of rotatable bonds is 10. The monoisotopic (exact) mass is 580 g/mol. The molecule has 0 saturated carbocycles. The van der Waals surface area contributed by atoms with Crippen molar-refractivity contribution >= 4 is 40.3 Å². The van der Waals surface area contributed by atoms with E-state index >= 15 is 0 Å². The van der Waals surface area contributed by atoms with Gasteiger partial charge in [0.1, 0.15) is 23.1 Å². The number of hydrogen-bond acceptors (Lipinski definition) is 7. The van der Waals surface area contributed by atoms with Gasteiger partial charge in [0.15, 0.2) is 0 Å². The molecule has 0 radical (unpaired) electrons. The number of hydrogen-bond donors (Lipinski definition) is 5. The second-order valence-electron chi connectivity index (χ2n) is 9.63. The molecule has 0 atom stereocenters. The van der Waals surface area contributed by atoms with Crippen LogP contribution in [0.2, 0.25) is 0 Å². The number of aliphatic hydroxyl groups excluding tert-OH is 1. The van der Waals surface area contributed by atoms with E-state index in [-0.39, 0.29) is 6.61 Å². The minimum atomic E-state index is -0.463. The SMILES string of the molecule is CCCCc1cc(NC(=O)Nc2ccc(Oc3ccnc(NC(=O)NC)c3)c3cccnc23)n(-c2ccc(CO)cc2)n1. The molecular formula is C31H32N8O4. The highest BCUT2D eigenvalue weighted by atomic mass is 16.5. The number of benzene rings is 2. The molecule has 5 rings (SSSR count). The lowest BCUT2D eigenvalue weighted by Gasteiger charge is -2.14. The molecule has 0 spiro atoms. The molecule has 220 valence electrons. The van der Waals surface area contributed by atoms with Gasteiger partial charge in [0.25, 0.3) is 0 Å². The van der Waals surface area contributed by atoms with Gasteiger partial charge in [-0.2, -0.15) is 5.10 Å². The van der Waals surface area contributed by atoms with Crippen molar-refractivity contribution in [3.63, 3.8) is 0 Å². The third-order valence-corrected chi connectivity index (χ3v) is 6.56. The van der Waals surface area contributed by atoms with Crippen LogP contribution in [-0.4, -0.2) is 44.0 Å². The van der Waals surface area contributed by atoms with E-state index < -0.39 is 12.1 Å². The first-order valence-corrected chi connectivity index (χ1v) is 13.8. The van der Waals surface area contributed by atoms with Crippen molar-refractivity contribution in [1.29, 1.82) is 0 Å². The molecule has 0 saturated heterocycles. The minimum absolute atomic E-state index is 0.0566. The van der Waals surface area contributed by atoms with Gasteiger partial charge in [-0.25, -0.2) is 19.3 Å². The van der Waals surface area contributed by atoms with Crippen molar-refractivity contribution in [2.75, 3.05) is 23.0 Å². The summed E-state index contributed by atoms with van der Waals surface area (Å²) in [7, 11) is 1.52. The molecule has 0 fully saturated rings. The average molecular weight is 581 g/mol. The number of carbonyl (C=O) groups is 2. The lowest BCUT2D eigenvalue weighted by atomic mass is 10.1. The summed E-state index contributed by atoms with van der Waals surface area (Å²) < 4.78 is 7.79. The molecular weight excluding hydrogens is 548 g/mol. The summed E-state index contributed by atoms with van der Waals surface area (Å²) in [5.41, 5.74) is 3.42. The number of ether oxygens (including phenoxy) is 1. The number of anilines is 3. The molecule has 5 aromatic rings. The summed E-state index contributed by atoms with van der Waals surface area (Å²) in [6.07, 6.45) is 5.95. The van der Waals surface area contributed by atoms with E-state index in [9.17, 15) is 14.7 Å². The van der Waals surface area contributed by atoms with Gasteiger partial charge in [-0.3, -0.25) is 15.6 Å². The van der Waals surface area contributed by atoms with E-state index in [4.69, 9.17) is 9.84 Å². The number of pyridine rings is 2. The van der Waals surface area contributed by atoms with Crippen LogP contribution in [0.4, 0.5) is 26.9 Å². The zero-order chi connectivity index (χ0) is 30.2. The van der Waals surface area contributed by atoms with Crippen LogP contribution in [-0.2, 0) is 13.0 Å². The third kappa shape index (κ3) is 7.05. The molecule has 0 aliphatic carbocycles. The van der Waals surface area contributed by atoms with Gasteiger partial charge < -0.3 is 20.5 Å². The molecule has 12 nitrogen and oxygen atoms in total. The maximum Gasteiger partial charge on any atom is 0.324 e. The zero-order valence-electron chi connectivity index (χ0n) is 23.8. The van der Waals surface area contributed by atoms with Gasteiger partial charge in [0, 0.05) is 37.0 Å². The maximum absolute atomic E-state index is 13.3. The number of nitrogens with zero attached hydrogens (tertiary/aromatic N) is 4. The summed E-state index contributed by atoms with van der Waals surface area (Å²) in [6, 6.07) is 18.7. The maximum atomic E-state index is 13.3. The van der Waals surface area contributed by atoms with Crippen molar-refractivity contribution in [2.45, 2.75) is 32.8 Å². The molecule has 3 aromatic heterocycles. The van der Waals surface area contributed by atoms with Crippen LogP contribution in [0.5, 0.6) is 11.5 Å². The predicted molar refractivity (Wildman–Crippen MR) is 165 cm³/mol. The Morgan fingerprint density at radius 2 is 1.77 bits per heavy atom. The molecule has 0 unspecified atom stereocenters. The van der Waals surface area contributed by atoms with Crippen molar-refractivity contribution in [3.05, 3.63) is 90.4 Å². The van der Waals surface area contributed by atoms with Gasteiger partial charge in [0.2, 0.25) is 0 Å². The summed E-state index contributed by atoms with van der Waals surface area (Å²) in [6.45, 7) is 2.06. The molecule has 12 heteroatoms. The van der Waals surface area contributed by atoms with E-state index in [1.54, 1.807) is 41.2 Å². The first-order valence-electron chi connectivity index (χ1n) is 13.8. The van der Waals surface area contributed by atoms with Crippen LogP contribution in [0.3, 0.4) is 0 Å². The fourth-order valence-electron chi connectivity index (χ4n) is 4.39. The molecule has 4 amide bonds. The Hall–Kier alpha value is -5.49. The highest BCUT2D eigenvalue weighted by Gasteiger charge is 2.16. The smallest absolute Gasteiger partial charge is 0.324 e.